The highest BCUT2D eigenvalue weighted by molar-refractivity contribution is 4.96. The summed E-state index contributed by atoms with van der Waals surface area (Å²) in [5.74, 6) is 0.647. The molecule has 1 aliphatic heterocycles. The number of hydrogen-bond donors (Lipinski definition) is 1. The molecule has 1 saturated heterocycles. The van der Waals surface area contributed by atoms with Crippen molar-refractivity contribution >= 4 is 0 Å². The first-order valence-electron chi connectivity index (χ1n) is 4.37. The quantitative estimate of drug-likeness (QED) is 0.601. The molecule has 0 aromatic heterocycles. The summed E-state index contributed by atoms with van der Waals surface area (Å²) in [7, 11) is 0. The molecular weight excluding hydrogens is 142 g/mol. The highest BCUT2D eigenvalue weighted by Gasteiger charge is 2.60. The van der Waals surface area contributed by atoms with E-state index in [0.29, 0.717) is 12.5 Å². The van der Waals surface area contributed by atoms with Crippen LogP contribution in [0.4, 0.5) is 0 Å². The fraction of sp³-hybridized carbons (Fsp3) is 1.00. The minimum atomic E-state index is 0.0444. The van der Waals surface area contributed by atoms with Crippen LogP contribution in [0.15, 0.2) is 0 Å². The third-order valence-corrected chi connectivity index (χ3v) is 2.90. The minimum absolute atomic E-state index is 0.0444. The highest BCUT2D eigenvalue weighted by atomic mass is 16.9. The molecule has 2 fully saturated rings. The molecule has 11 heavy (non-hydrogen) atoms. The Morgan fingerprint density at radius 2 is 2.55 bits per heavy atom. The summed E-state index contributed by atoms with van der Waals surface area (Å²) in [4.78, 5) is 5.49. The van der Waals surface area contributed by atoms with Crippen LogP contribution in [0.3, 0.4) is 0 Å². The van der Waals surface area contributed by atoms with E-state index in [1.54, 1.807) is 0 Å². The first-order valence-corrected chi connectivity index (χ1v) is 4.37. The van der Waals surface area contributed by atoms with Gasteiger partial charge in [0, 0.05) is 5.92 Å². The number of rotatable bonds is 2. The van der Waals surface area contributed by atoms with Crippen LogP contribution in [-0.2, 0) is 4.84 Å². The zero-order valence-electron chi connectivity index (χ0n) is 6.92. The average Bonchev–Trinajstić information content (AvgIpc) is 2.53. The summed E-state index contributed by atoms with van der Waals surface area (Å²) >= 11 is 0. The molecule has 3 atom stereocenters. The second kappa shape index (κ2) is 2.44. The summed E-state index contributed by atoms with van der Waals surface area (Å²) in [6, 6.07) is 0. The van der Waals surface area contributed by atoms with Gasteiger partial charge in [-0.15, -0.1) is 0 Å². The lowest BCUT2D eigenvalue weighted by atomic mass is 10.0. The molecule has 0 aromatic carbocycles. The van der Waals surface area contributed by atoms with E-state index in [0.717, 1.165) is 6.42 Å². The molecule has 0 radical (unpaired) electrons. The van der Waals surface area contributed by atoms with Crippen molar-refractivity contribution in [1.82, 2.24) is 5.06 Å². The monoisotopic (exact) mass is 157 g/mol. The fourth-order valence-electron chi connectivity index (χ4n) is 2.14. The van der Waals surface area contributed by atoms with Gasteiger partial charge in [0.25, 0.3) is 0 Å². The van der Waals surface area contributed by atoms with Crippen molar-refractivity contribution in [3.63, 3.8) is 0 Å². The molecule has 2 rings (SSSR count). The molecule has 1 aliphatic carbocycles. The minimum Gasteiger partial charge on any atom is -0.395 e. The molecule has 1 spiro atoms. The van der Waals surface area contributed by atoms with Crippen molar-refractivity contribution in [3.05, 3.63) is 0 Å². The number of aliphatic hydroxyl groups is 1. The van der Waals surface area contributed by atoms with Crippen molar-refractivity contribution in [1.29, 1.82) is 0 Å². The zero-order valence-corrected chi connectivity index (χ0v) is 6.92. The van der Waals surface area contributed by atoms with Crippen molar-refractivity contribution in [3.8, 4) is 0 Å². The largest absolute Gasteiger partial charge is 0.395 e. The van der Waals surface area contributed by atoms with Crippen LogP contribution in [0.5, 0.6) is 0 Å². The maximum Gasteiger partial charge on any atom is 0.167 e. The Kier molecular flexibility index (Phi) is 1.67. The molecule has 0 aromatic rings. The van der Waals surface area contributed by atoms with Crippen molar-refractivity contribution in [2.45, 2.75) is 31.9 Å². The Hall–Kier alpha value is -0.120. The zero-order chi connectivity index (χ0) is 7.90. The lowest BCUT2D eigenvalue weighted by Crippen LogP contribution is -2.23. The number of β-amino-alcohol motifs (C(OH)–C–C–N with tert-alkyl or cyclic N) is 1. The van der Waals surface area contributed by atoms with E-state index in [2.05, 4.69) is 6.92 Å². The van der Waals surface area contributed by atoms with Gasteiger partial charge in [-0.25, -0.2) is 0 Å². The molecular formula is C8H15NO2. The maximum atomic E-state index is 8.68. The lowest BCUT2D eigenvalue weighted by Gasteiger charge is -2.07. The molecule has 1 heterocycles. The van der Waals surface area contributed by atoms with E-state index in [9.17, 15) is 0 Å². The van der Waals surface area contributed by atoms with Gasteiger partial charge in [0.1, 0.15) is 0 Å². The Balaban J connectivity index is 1.94. The predicted octanol–water partition coefficient (Wildman–Crippen LogP) is 0.742. The smallest absolute Gasteiger partial charge is 0.167 e. The van der Waals surface area contributed by atoms with Gasteiger partial charge in [0.05, 0.1) is 13.2 Å². The molecule has 0 amide bonds. The first kappa shape index (κ1) is 7.53. The normalized spacial score (nSPS) is 48.5. The standard InChI is InChI=1S/C8H15NO2/c1-7-3-2-4-8(7)9(11-8)5-6-10/h7,10H,2-6H2,1H3. The number of nitrogens with zero attached hydrogens (tertiary/aromatic N) is 1. The van der Waals surface area contributed by atoms with E-state index in [4.69, 9.17) is 9.94 Å². The van der Waals surface area contributed by atoms with Gasteiger partial charge in [0.15, 0.2) is 5.72 Å². The van der Waals surface area contributed by atoms with Gasteiger partial charge >= 0.3 is 0 Å². The lowest BCUT2D eigenvalue weighted by molar-refractivity contribution is 0.156. The van der Waals surface area contributed by atoms with Crippen molar-refractivity contribution in [2.75, 3.05) is 13.2 Å². The Bertz CT molecular complexity index is 162. The molecule has 3 nitrogen and oxygen atoms in total. The summed E-state index contributed by atoms with van der Waals surface area (Å²) in [6.45, 7) is 3.10. The van der Waals surface area contributed by atoms with E-state index in [-0.39, 0.29) is 12.3 Å². The molecule has 0 bridgehead atoms. The summed E-state index contributed by atoms with van der Waals surface area (Å²) in [6.07, 6.45) is 3.68. The average molecular weight is 157 g/mol. The summed E-state index contributed by atoms with van der Waals surface area (Å²) in [5, 5.41) is 10.6. The first-order chi connectivity index (χ1) is 5.29. The van der Waals surface area contributed by atoms with Crippen LogP contribution >= 0.6 is 0 Å². The predicted molar refractivity (Wildman–Crippen MR) is 40.6 cm³/mol. The van der Waals surface area contributed by atoms with E-state index in [1.807, 2.05) is 5.06 Å². The van der Waals surface area contributed by atoms with Crippen LogP contribution in [-0.4, -0.2) is 29.0 Å². The van der Waals surface area contributed by atoms with Gasteiger partial charge in [-0.2, -0.15) is 5.06 Å². The highest BCUT2D eigenvalue weighted by Crippen LogP contribution is 2.51. The maximum absolute atomic E-state index is 8.68. The Morgan fingerprint density at radius 1 is 1.73 bits per heavy atom. The van der Waals surface area contributed by atoms with Crippen LogP contribution in [0.2, 0.25) is 0 Å². The molecule has 1 saturated carbocycles. The molecule has 3 unspecified atom stereocenters. The van der Waals surface area contributed by atoms with Crippen LogP contribution in [0, 0.1) is 5.92 Å². The van der Waals surface area contributed by atoms with Gasteiger partial charge < -0.3 is 5.11 Å². The topological polar surface area (TPSA) is 35.8 Å². The van der Waals surface area contributed by atoms with E-state index >= 15 is 0 Å². The molecule has 64 valence electrons. The van der Waals surface area contributed by atoms with Gasteiger partial charge in [0.2, 0.25) is 0 Å². The number of aliphatic hydroxyl groups excluding tert-OH is 1. The van der Waals surface area contributed by atoms with Crippen LogP contribution in [0.1, 0.15) is 26.2 Å². The van der Waals surface area contributed by atoms with E-state index in [1.165, 1.54) is 12.8 Å². The number of hydroxylamine groups is 2. The third-order valence-electron chi connectivity index (χ3n) is 2.90. The van der Waals surface area contributed by atoms with Crippen molar-refractivity contribution < 1.29 is 9.94 Å². The van der Waals surface area contributed by atoms with Crippen LogP contribution in [0.25, 0.3) is 0 Å². The Labute approximate surface area is 66.9 Å². The molecule has 3 heteroatoms. The van der Waals surface area contributed by atoms with Gasteiger partial charge in [-0.1, -0.05) is 6.92 Å². The number of hydrogen-bond acceptors (Lipinski definition) is 3. The second-order valence-corrected chi connectivity index (χ2v) is 3.56. The van der Waals surface area contributed by atoms with E-state index < -0.39 is 0 Å². The summed E-state index contributed by atoms with van der Waals surface area (Å²) in [5.41, 5.74) is 0.0444. The Morgan fingerprint density at radius 3 is 3.09 bits per heavy atom. The second-order valence-electron chi connectivity index (χ2n) is 3.56. The van der Waals surface area contributed by atoms with Crippen LogP contribution < -0.4 is 0 Å². The molecule has 2 aliphatic rings. The van der Waals surface area contributed by atoms with Gasteiger partial charge in [-0.05, 0) is 19.3 Å². The fourth-order valence-corrected chi connectivity index (χ4v) is 2.14. The third kappa shape index (κ3) is 0.991. The molecule has 1 N–H and O–H groups in total. The van der Waals surface area contributed by atoms with Gasteiger partial charge in [-0.3, -0.25) is 4.84 Å². The SMILES string of the molecule is CC1CCCC12ON2CCO. The van der Waals surface area contributed by atoms with Crippen molar-refractivity contribution in [2.24, 2.45) is 5.92 Å². The summed E-state index contributed by atoms with van der Waals surface area (Å²) < 4.78 is 0.